The van der Waals surface area contributed by atoms with Crippen molar-refractivity contribution in [2.75, 3.05) is 24.9 Å². The van der Waals surface area contributed by atoms with Gasteiger partial charge in [-0.1, -0.05) is 30.3 Å². The van der Waals surface area contributed by atoms with Crippen LogP contribution in [0.15, 0.2) is 48.5 Å². The largest absolute Gasteiger partial charge is 0.487 e. The molecule has 0 saturated heterocycles. The molecule has 0 bridgehead atoms. The Morgan fingerprint density at radius 1 is 1.17 bits per heavy atom. The van der Waals surface area contributed by atoms with E-state index in [2.05, 4.69) is 5.32 Å². The highest BCUT2D eigenvalue weighted by Gasteiger charge is 2.35. The molecule has 0 aliphatic carbocycles. The van der Waals surface area contributed by atoms with E-state index < -0.39 is 15.8 Å². The van der Waals surface area contributed by atoms with E-state index >= 15 is 0 Å². The number of carbonyl (C=O) groups is 1. The topological polar surface area (TPSA) is 79.0 Å². The third-order valence-corrected chi connectivity index (χ3v) is 6.85. The van der Waals surface area contributed by atoms with Gasteiger partial charge in [-0.25, -0.2) is 4.31 Å². The SMILES string of the molecule is Cc1ccc2c(c1)OC(C)(C)C[C@@H]2NC(=O)CN(c1ccccc1)S(=O)(=O)N(C)C. The van der Waals surface area contributed by atoms with Gasteiger partial charge in [0.2, 0.25) is 5.91 Å². The summed E-state index contributed by atoms with van der Waals surface area (Å²) in [6.07, 6.45) is 0.584. The molecule has 30 heavy (non-hydrogen) atoms. The van der Waals surface area contributed by atoms with Crippen molar-refractivity contribution >= 4 is 21.8 Å². The van der Waals surface area contributed by atoms with Crippen molar-refractivity contribution in [1.82, 2.24) is 9.62 Å². The van der Waals surface area contributed by atoms with Crippen molar-refractivity contribution in [3.05, 3.63) is 59.7 Å². The highest BCUT2D eigenvalue weighted by Crippen LogP contribution is 2.39. The van der Waals surface area contributed by atoms with Gasteiger partial charge in [0, 0.05) is 26.1 Å². The highest BCUT2D eigenvalue weighted by molar-refractivity contribution is 7.90. The smallest absolute Gasteiger partial charge is 0.304 e. The zero-order valence-corrected chi connectivity index (χ0v) is 18.9. The standard InChI is InChI=1S/C22H29N3O4S/c1-16-11-12-18-19(14-22(2,3)29-20(18)13-16)23-21(26)15-25(30(27,28)24(4)5)17-9-7-6-8-10-17/h6-13,19H,14-15H2,1-5H3,(H,23,26)/t19-/m0/s1. The van der Waals surface area contributed by atoms with Gasteiger partial charge in [-0.05, 0) is 44.5 Å². The van der Waals surface area contributed by atoms with E-state index in [9.17, 15) is 13.2 Å². The highest BCUT2D eigenvalue weighted by atomic mass is 32.2. The molecule has 1 amide bonds. The molecule has 0 aromatic heterocycles. The number of aryl methyl sites for hydroxylation is 1. The predicted molar refractivity (Wildman–Crippen MR) is 118 cm³/mol. The van der Waals surface area contributed by atoms with E-state index in [1.165, 1.54) is 14.1 Å². The lowest BCUT2D eigenvalue weighted by molar-refractivity contribution is -0.120. The van der Waals surface area contributed by atoms with Gasteiger partial charge < -0.3 is 10.1 Å². The maximum atomic E-state index is 13.0. The maximum absolute atomic E-state index is 13.0. The summed E-state index contributed by atoms with van der Waals surface area (Å²) in [5.41, 5.74) is 1.96. The molecule has 8 heteroatoms. The summed E-state index contributed by atoms with van der Waals surface area (Å²) in [6.45, 7) is 5.63. The van der Waals surface area contributed by atoms with Gasteiger partial charge >= 0.3 is 10.2 Å². The molecular weight excluding hydrogens is 402 g/mol. The second-order valence-corrected chi connectivity index (χ2v) is 10.4. The molecule has 0 saturated carbocycles. The van der Waals surface area contributed by atoms with Gasteiger partial charge in [0.05, 0.1) is 11.7 Å². The number of carbonyl (C=O) groups excluding carboxylic acids is 1. The van der Waals surface area contributed by atoms with Crippen molar-refractivity contribution in [3.8, 4) is 5.75 Å². The van der Waals surface area contributed by atoms with Crippen molar-refractivity contribution in [3.63, 3.8) is 0 Å². The van der Waals surface area contributed by atoms with Crippen molar-refractivity contribution < 1.29 is 17.9 Å². The minimum atomic E-state index is -3.84. The molecular formula is C22H29N3O4S. The zero-order chi connectivity index (χ0) is 22.1. The molecule has 0 spiro atoms. The Balaban J connectivity index is 1.86. The Bertz CT molecular complexity index is 1020. The Kier molecular flexibility index (Phi) is 6.10. The van der Waals surface area contributed by atoms with Crippen LogP contribution < -0.4 is 14.4 Å². The minimum absolute atomic E-state index is 0.267. The van der Waals surface area contributed by atoms with E-state index in [1.54, 1.807) is 30.3 Å². The lowest BCUT2D eigenvalue weighted by atomic mass is 9.89. The number of amides is 1. The quantitative estimate of drug-likeness (QED) is 0.763. The number of fused-ring (bicyclic) bond motifs is 1. The number of nitrogens with zero attached hydrogens (tertiary/aromatic N) is 2. The van der Waals surface area contributed by atoms with Crippen LogP contribution in [0.25, 0.3) is 0 Å². The van der Waals surface area contributed by atoms with Gasteiger partial charge in [0.15, 0.2) is 0 Å². The number of hydrogen-bond acceptors (Lipinski definition) is 4. The van der Waals surface area contributed by atoms with Crippen LogP contribution >= 0.6 is 0 Å². The molecule has 2 aromatic rings. The molecule has 2 aromatic carbocycles. The second-order valence-electron chi connectivity index (χ2n) is 8.36. The first-order chi connectivity index (χ1) is 14.0. The Morgan fingerprint density at radius 3 is 2.47 bits per heavy atom. The molecule has 3 rings (SSSR count). The molecule has 7 nitrogen and oxygen atoms in total. The average molecular weight is 432 g/mol. The van der Waals surface area contributed by atoms with Crippen LogP contribution in [-0.4, -0.2) is 44.9 Å². The van der Waals surface area contributed by atoms with E-state index in [4.69, 9.17) is 4.74 Å². The monoisotopic (exact) mass is 431 g/mol. The number of rotatable bonds is 6. The Labute approximate surface area is 178 Å². The van der Waals surface area contributed by atoms with Gasteiger partial charge in [-0.15, -0.1) is 0 Å². The summed E-state index contributed by atoms with van der Waals surface area (Å²) in [5, 5.41) is 3.02. The van der Waals surface area contributed by atoms with Crippen LogP contribution in [0.3, 0.4) is 0 Å². The first-order valence-electron chi connectivity index (χ1n) is 9.84. The summed E-state index contributed by atoms with van der Waals surface area (Å²) in [4.78, 5) is 13.0. The fourth-order valence-electron chi connectivity index (χ4n) is 3.56. The van der Waals surface area contributed by atoms with Crippen LogP contribution in [0.4, 0.5) is 5.69 Å². The molecule has 0 fully saturated rings. The van der Waals surface area contributed by atoms with Crippen LogP contribution in [0, 0.1) is 6.92 Å². The molecule has 1 N–H and O–H groups in total. The van der Waals surface area contributed by atoms with Crippen LogP contribution in [0.2, 0.25) is 0 Å². The van der Waals surface area contributed by atoms with E-state index in [-0.39, 0.29) is 18.5 Å². The first-order valence-corrected chi connectivity index (χ1v) is 11.2. The molecule has 0 unspecified atom stereocenters. The van der Waals surface area contributed by atoms with E-state index in [0.717, 1.165) is 25.5 Å². The summed E-state index contributed by atoms with van der Waals surface area (Å²) in [7, 11) is -0.941. The van der Waals surface area contributed by atoms with E-state index in [0.29, 0.717) is 12.1 Å². The average Bonchev–Trinajstić information content (AvgIpc) is 2.65. The molecule has 162 valence electrons. The van der Waals surface area contributed by atoms with Gasteiger partial charge in [0.25, 0.3) is 0 Å². The van der Waals surface area contributed by atoms with Crippen molar-refractivity contribution in [2.24, 2.45) is 0 Å². The maximum Gasteiger partial charge on any atom is 0.304 e. The van der Waals surface area contributed by atoms with Gasteiger partial charge in [0.1, 0.15) is 17.9 Å². The summed E-state index contributed by atoms with van der Waals surface area (Å²) in [6, 6.07) is 14.2. The van der Waals surface area contributed by atoms with Gasteiger partial charge in [-0.2, -0.15) is 12.7 Å². The van der Waals surface area contributed by atoms with Crippen molar-refractivity contribution in [2.45, 2.75) is 38.8 Å². The molecule has 1 atom stereocenters. The predicted octanol–water partition coefficient (Wildman–Crippen LogP) is 3.03. The molecule has 0 radical (unpaired) electrons. The lowest BCUT2D eigenvalue weighted by Gasteiger charge is -2.38. The summed E-state index contributed by atoms with van der Waals surface area (Å²) in [5.74, 6) is 0.371. The summed E-state index contributed by atoms with van der Waals surface area (Å²) < 4.78 is 34.0. The Hall–Kier alpha value is -2.58. The molecule has 1 heterocycles. The normalized spacial score (nSPS) is 17.7. The fourth-order valence-corrected chi connectivity index (χ4v) is 4.62. The number of ether oxygens (including phenoxy) is 1. The molecule has 1 aliphatic rings. The lowest BCUT2D eigenvalue weighted by Crippen LogP contribution is -2.48. The Morgan fingerprint density at radius 2 is 1.83 bits per heavy atom. The number of nitrogens with one attached hydrogen (secondary N) is 1. The second kappa shape index (κ2) is 8.28. The van der Waals surface area contributed by atoms with Crippen LogP contribution in [-0.2, 0) is 15.0 Å². The van der Waals surface area contributed by atoms with Crippen LogP contribution in [0.1, 0.15) is 37.4 Å². The number of hydrogen-bond donors (Lipinski definition) is 1. The third kappa shape index (κ3) is 4.76. The molecule has 1 aliphatic heterocycles. The minimum Gasteiger partial charge on any atom is -0.487 e. The van der Waals surface area contributed by atoms with E-state index in [1.807, 2.05) is 39.0 Å². The number of para-hydroxylation sites is 1. The summed E-state index contributed by atoms with van der Waals surface area (Å²) >= 11 is 0. The first kappa shape index (κ1) is 22.1. The number of anilines is 1. The van der Waals surface area contributed by atoms with Gasteiger partial charge in [-0.3, -0.25) is 4.79 Å². The third-order valence-electron chi connectivity index (χ3n) is 5.03. The zero-order valence-electron chi connectivity index (χ0n) is 18.0. The number of benzene rings is 2. The van der Waals surface area contributed by atoms with Crippen LogP contribution in [0.5, 0.6) is 5.75 Å². The fraction of sp³-hybridized carbons (Fsp3) is 0.409. The van der Waals surface area contributed by atoms with Crippen molar-refractivity contribution in [1.29, 1.82) is 0 Å².